The average Bonchev–Trinajstić information content (AvgIpc) is 3.24. The van der Waals surface area contributed by atoms with Crippen molar-refractivity contribution >= 4 is 29.6 Å². The summed E-state index contributed by atoms with van der Waals surface area (Å²) in [6.07, 6.45) is 6.16. The zero-order valence-electron chi connectivity index (χ0n) is 26.6. The van der Waals surface area contributed by atoms with Gasteiger partial charge in [-0.1, -0.05) is 106 Å². The van der Waals surface area contributed by atoms with E-state index in [1.54, 1.807) is 0 Å². The van der Waals surface area contributed by atoms with Crippen LogP contribution in [0.15, 0.2) is 97.1 Å². The van der Waals surface area contributed by atoms with Crippen LogP contribution in [0.4, 0.5) is 17.1 Å². The molecular formula is C39H44BNO2. The number of benzene rings is 4. The first kappa shape index (κ1) is 28.4. The molecule has 0 aromatic heterocycles. The van der Waals surface area contributed by atoms with Crippen LogP contribution in [0.1, 0.15) is 95.9 Å². The highest BCUT2D eigenvalue weighted by Gasteiger charge is 2.51. The summed E-state index contributed by atoms with van der Waals surface area (Å²) in [5.74, 6) is 0. The summed E-state index contributed by atoms with van der Waals surface area (Å²) in [5.41, 5.74) is 9.67. The average molecular weight is 570 g/mol. The van der Waals surface area contributed by atoms with E-state index in [1.807, 2.05) is 0 Å². The lowest BCUT2D eigenvalue weighted by atomic mass is 9.64. The maximum Gasteiger partial charge on any atom is 0.494 e. The minimum atomic E-state index is -0.339. The molecule has 1 saturated heterocycles. The van der Waals surface area contributed by atoms with E-state index in [9.17, 15) is 0 Å². The van der Waals surface area contributed by atoms with Crippen molar-refractivity contribution in [2.24, 2.45) is 0 Å². The molecule has 4 heteroatoms. The Kier molecular flexibility index (Phi) is 6.68. The quantitative estimate of drug-likeness (QED) is 0.229. The van der Waals surface area contributed by atoms with Gasteiger partial charge in [0.05, 0.1) is 22.6 Å². The summed E-state index contributed by atoms with van der Waals surface area (Å²) in [7, 11) is -0.332. The first-order chi connectivity index (χ1) is 20.5. The summed E-state index contributed by atoms with van der Waals surface area (Å²) in [6.45, 7) is 13.1. The summed E-state index contributed by atoms with van der Waals surface area (Å²) >= 11 is 0. The smallest absolute Gasteiger partial charge is 0.399 e. The molecule has 0 amide bonds. The van der Waals surface area contributed by atoms with Gasteiger partial charge in [0, 0.05) is 16.5 Å². The van der Waals surface area contributed by atoms with E-state index < -0.39 is 0 Å². The van der Waals surface area contributed by atoms with Crippen molar-refractivity contribution in [1.29, 1.82) is 0 Å². The van der Waals surface area contributed by atoms with Crippen LogP contribution in [-0.4, -0.2) is 18.3 Å². The summed E-state index contributed by atoms with van der Waals surface area (Å²) < 4.78 is 12.7. The molecule has 7 rings (SSSR count). The molecule has 1 saturated carbocycles. The third-order valence-electron chi connectivity index (χ3n) is 11.0. The predicted octanol–water partition coefficient (Wildman–Crippen LogP) is 9.35. The maximum atomic E-state index is 6.35. The van der Waals surface area contributed by atoms with E-state index in [1.165, 1.54) is 71.4 Å². The minimum absolute atomic E-state index is 0.0188. The van der Waals surface area contributed by atoms with Crippen LogP contribution in [0.2, 0.25) is 0 Å². The van der Waals surface area contributed by atoms with Crippen molar-refractivity contribution in [1.82, 2.24) is 0 Å². The molecule has 2 aliphatic heterocycles. The minimum Gasteiger partial charge on any atom is -0.399 e. The Bertz CT molecular complexity index is 1570. The number of rotatable bonds is 4. The highest BCUT2D eigenvalue weighted by Crippen LogP contribution is 2.52. The lowest BCUT2D eigenvalue weighted by Gasteiger charge is -2.42. The van der Waals surface area contributed by atoms with Crippen molar-refractivity contribution in [3.05, 3.63) is 119 Å². The van der Waals surface area contributed by atoms with E-state index in [2.05, 4.69) is 144 Å². The van der Waals surface area contributed by atoms with Gasteiger partial charge in [-0.2, -0.15) is 0 Å². The molecule has 4 aromatic rings. The van der Waals surface area contributed by atoms with Gasteiger partial charge in [0.1, 0.15) is 0 Å². The SMILES string of the molecule is CC1(C)c2ccccc2N(c2ccc(C3(c4ccc(B5OC(C)(C)C(C)(C)O5)cc4)CCCCC3)cc2)c2ccccc21. The highest BCUT2D eigenvalue weighted by molar-refractivity contribution is 6.62. The van der Waals surface area contributed by atoms with Gasteiger partial charge < -0.3 is 14.2 Å². The van der Waals surface area contributed by atoms with Gasteiger partial charge in [-0.25, -0.2) is 0 Å². The van der Waals surface area contributed by atoms with Gasteiger partial charge >= 0.3 is 7.12 Å². The molecule has 220 valence electrons. The molecule has 0 atom stereocenters. The molecule has 0 radical (unpaired) electrons. The third kappa shape index (κ3) is 4.48. The zero-order chi connectivity index (χ0) is 30.0. The Morgan fingerprint density at radius 3 is 1.53 bits per heavy atom. The zero-order valence-corrected chi connectivity index (χ0v) is 26.6. The first-order valence-electron chi connectivity index (χ1n) is 16.1. The van der Waals surface area contributed by atoms with E-state index in [4.69, 9.17) is 9.31 Å². The second-order valence-electron chi connectivity index (χ2n) is 14.4. The van der Waals surface area contributed by atoms with Gasteiger partial charge in [0.15, 0.2) is 0 Å². The molecule has 2 fully saturated rings. The van der Waals surface area contributed by atoms with E-state index in [-0.39, 0.29) is 29.2 Å². The molecule has 4 aromatic carbocycles. The molecule has 3 aliphatic rings. The monoisotopic (exact) mass is 569 g/mol. The van der Waals surface area contributed by atoms with Crippen LogP contribution in [0, 0.1) is 0 Å². The Morgan fingerprint density at radius 2 is 1.02 bits per heavy atom. The molecule has 0 bridgehead atoms. The van der Waals surface area contributed by atoms with Crippen LogP contribution in [0.5, 0.6) is 0 Å². The Labute approximate surface area is 258 Å². The fourth-order valence-corrected chi connectivity index (χ4v) is 7.71. The summed E-state index contributed by atoms with van der Waals surface area (Å²) in [5, 5.41) is 0. The van der Waals surface area contributed by atoms with Crippen molar-refractivity contribution in [3.63, 3.8) is 0 Å². The van der Waals surface area contributed by atoms with Crippen LogP contribution in [0.3, 0.4) is 0 Å². The molecule has 0 unspecified atom stereocenters. The third-order valence-corrected chi connectivity index (χ3v) is 11.0. The highest BCUT2D eigenvalue weighted by atomic mass is 16.7. The lowest BCUT2D eigenvalue weighted by molar-refractivity contribution is 0.00578. The predicted molar refractivity (Wildman–Crippen MR) is 179 cm³/mol. The molecule has 3 nitrogen and oxygen atoms in total. The second kappa shape index (κ2) is 10.1. The second-order valence-corrected chi connectivity index (χ2v) is 14.4. The fraction of sp³-hybridized carbons (Fsp3) is 0.385. The topological polar surface area (TPSA) is 21.7 Å². The van der Waals surface area contributed by atoms with Crippen LogP contribution < -0.4 is 10.4 Å². The molecule has 2 heterocycles. The standard InChI is InChI=1S/C39H44BNO2/c1-36(2)32-14-8-10-16-34(32)41(35-17-11-9-15-33(35)36)31-24-20-29(21-25-31)39(26-12-7-13-27-39)28-18-22-30(23-19-28)40-42-37(3,4)38(5,6)43-40/h8-11,14-25H,7,12-13,26-27H2,1-6H3. The summed E-state index contributed by atoms with van der Waals surface area (Å²) in [4.78, 5) is 2.45. The number of fused-ring (bicyclic) bond motifs is 2. The molecule has 0 spiro atoms. The van der Waals surface area contributed by atoms with Gasteiger partial charge in [0.25, 0.3) is 0 Å². The van der Waals surface area contributed by atoms with Crippen LogP contribution in [0.25, 0.3) is 0 Å². The van der Waals surface area contributed by atoms with Crippen LogP contribution >= 0.6 is 0 Å². The van der Waals surface area contributed by atoms with E-state index in [0.717, 1.165) is 5.46 Å². The number of hydrogen-bond acceptors (Lipinski definition) is 3. The van der Waals surface area contributed by atoms with Gasteiger partial charge in [0.2, 0.25) is 0 Å². The molecular weight excluding hydrogens is 525 g/mol. The Balaban J connectivity index is 1.24. The normalized spacial score (nSPS) is 21.3. The molecule has 43 heavy (non-hydrogen) atoms. The van der Waals surface area contributed by atoms with Gasteiger partial charge in [-0.05, 0) is 92.5 Å². The van der Waals surface area contributed by atoms with Crippen molar-refractivity contribution < 1.29 is 9.31 Å². The van der Waals surface area contributed by atoms with E-state index in [0.29, 0.717) is 0 Å². The number of hydrogen-bond donors (Lipinski definition) is 0. The maximum absolute atomic E-state index is 6.35. The van der Waals surface area contributed by atoms with Crippen molar-refractivity contribution in [2.45, 2.75) is 95.7 Å². The number of nitrogens with zero attached hydrogens (tertiary/aromatic N) is 1. The van der Waals surface area contributed by atoms with Crippen molar-refractivity contribution in [3.8, 4) is 0 Å². The van der Waals surface area contributed by atoms with Crippen LogP contribution in [-0.2, 0) is 20.1 Å². The fourth-order valence-electron chi connectivity index (χ4n) is 7.71. The largest absolute Gasteiger partial charge is 0.494 e. The molecule has 0 N–H and O–H groups in total. The molecule has 1 aliphatic carbocycles. The van der Waals surface area contributed by atoms with Gasteiger partial charge in [-0.3, -0.25) is 0 Å². The number of para-hydroxylation sites is 2. The summed E-state index contributed by atoms with van der Waals surface area (Å²) in [6, 6.07) is 36.4. The van der Waals surface area contributed by atoms with Crippen molar-refractivity contribution in [2.75, 3.05) is 4.90 Å². The van der Waals surface area contributed by atoms with Gasteiger partial charge in [-0.15, -0.1) is 0 Å². The lowest BCUT2D eigenvalue weighted by Crippen LogP contribution is -2.41. The Morgan fingerprint density at radius 1 is 0.558 bits per heavy atom. The number of anilines is 3. The Hall–Kier alpha value is -3.34. The van der Waals surface area contributed by atoms with E-state index >= 15 is 0 Å². The first-order valence-corrected chi connectivity index (χ1v) is 16.1.